The molecule has 1 fully saturated rings. The Hall–Kier alpha value is -3.43. The maximum Gasteiger partial charge on any atom is 0.168 e. The molecule has 0 unspecified atom stereocenters. The number of aryl methyl sites for hydroxylation is 1. The molecule has 0 radical (unpaired) electrons. The lowest BCUT2D eigenvalue weighted by molar-refractivity contribution is 0.0336. The minimum atomic E-state index is -0.470. The van der Waals surface area contributed by atoms with Gasteiger partial charge >= 0.3 is 0 Å². The lowest BCUT2D eigenvalue weighted by Gasteiger charge is -2.26. The van der Waals surface area contributed by atoms with Crippen molar-refractivity contribution in [3.05, 3.63) is 64.9 Å². The highest BCUT2D eigenvalue weighted by Crippen LogP contribution is 2.24. The minimum absolute atomic E-state index is 0.0504. The average Bonchev–Trinajstić information content (AvgIpc) is 2.87. The molecule has 1 aromatic heterocycles. The molecule has 34 heavy (non-hydrogen) atoms. The smallest absolute Gasteiger partial charge is 0.168 e. The van der Waals surface area contributed by atoms with E-state index in [4.69, 9.17) is 9.47 Å². The van der Waals surface area contributed by atoms with Crippen LogP contribution in [0.2, 0.25) is 0 Å². The summed E-state index contributed by atoms with van der Waals surface area (Å²) >= 11 is 0. The summed E-state index contributed by atoms with van der Waals surface area (Å²) in [4.78, 5) is 26.2. The molecule has 3 rings (SSSR count). The molecule has 1 aliphatic rings. The summed E-state index contributed by atoms with van der Waals surface area (Å²) in [6.45, 7) is 8.04. The highest BCUT2D eigenvalue weighted by atomic mass is 19.1. The second-order valence-electron chi connectivity index (χ2n) is 7.77. The predicted molar refractivity (Wildman–Crippen MR) is 132 cm³/mol. The molecule has 180 valence electrons. The van der Waals surface area contributed by atoms with E-state index in [-0.39, 0.29) is 5.75 Å². The Bertz CT molecular complexity index is 1020. The maximum atomic E-state index is 14.5. The van der Waals surface area contributed by atoms with Crippen molar-refractivity contribution in [2.45, 2.75) is 19.4 Å². The number of rotatable bonds is 12. The molecule has 1 aliphatic heterocycles. The number of pyridine rings is 1. The zero-order valence-electron chi connectivity index (χ0n) is 19.4. The number of hydrogen-bond donors (Lipinski definition) is 1. The monoisotopic (exact) mass is 467 g/mol. The molecule has 2 aromatic rings. The first-order valence-electron chi connectivity index (χ1n) is 11.1. The zero-order chi connectivity index (χ0) is 24.2. The van der Waals surface area contributed by atoms with Crippen LogP contribution in [0.3, 0.4) is 0 Å². The number of methoxy groups -OCH3 is 1. The normalized spacial score (nSPS) is 14.8. The lowest BCUT2D eigenvalue weighted by Crippen LogP contribution is -2.35. The summed E-state index contributed by atoms with van der Waals surface area (Å²) in [6.07, 6.45) is 6.57. The Kier molecular flexibility index (Phi) is 9.87. The summed E-state index contributed by atoms with van der Waals surface area (Å²) in [5.74, 6) is -0.420. The molecule has 1 N–H and O–H groups in total. The van der Waals surface area contributed by atoms with Crippen molar-refractivity contribution in [2.24, 2.45) is 9.98 Å². The quantitative estimate of drug-likeness (QED) is 0.380. The molecule has 8 nitrogen and oxygen atoms in total. The number of allylic oxidation sites excluding steroid dienone is 1. The van der Waals surface area contributed by atoms with Crippen molar-refractivity contribution in [1.29, 1.82) is 0 Å². The first-order chi connectivity index (χ1) is 16.6. The molecular weight excluding hydrogens is 437 g/mol. The van der Waals surface area contributed by atoms with E-state index in [0.717, 1.165) is 49.8 Å². The fraction of sp³-hybridized carbons (Fsp3) is 0.360. The van der Waals surface area contributed by atoms with E-state index in [9.17, 15) is 9.18 Å². The molecule has 0 spiro atoms. The predicted octanol–water partition coefficient (Wildman–Crippen LogP) is 3.53. The third-order valence-electron chi connectivity index (χ3n) is 5.38. The standard InChI is InChI=1S/C25H30FN5O3/c1-27-13-19(3-4-21-11-20(17-32)12-24(33-2)25(21)26)14-28-18-30-22-5-6-23(29-15-22)16-31-7-9-34-10-8-31/h5-6,11-15,17,30H,1,3-4,7-10,16,18H2,2H3/b19-13-,28-14-. The lowest BCUT2D eigenvalue weighted by atomic mass is 10.0. The number of aliphatic imine (C=N–C) groups is 2. The van der Waals surface area contributed by atoms with Gasteiger partial charge in [-0.2, -0.15) is 0 Å². The Labute approximate surface area is 199 Å². The highest BCUT2D eigenvalue weighted by Gasteiger charge is 2.12. The van der Waals surface area contributed by atoms with E-state index in [0.29, 0.717) is 36.9 Å². The Morgan fingerprint density at radius 3 is 2.85 bits per heavy atom. The van der Waals surface area contributed by atoms with Gasteiger partial charge in [-0.15, -0.1) is 0 Å². The molecule has 0 atom stereocenters. The number of nitrogens with zero attached hydrogens (tertiary/aromatic N) is 4. The van der Waals surface area contributed by atoms with Gasteiger partial charge in [0.25, 0.3) is 0 Å². The topological polar surface area (TPSA) is 88.4 Å². The van der Waals surface area contributed by atoms with Gasteiger partial charge in [-0.3, -0.25) is 24.7 Å². The number of halogens is 1. The van der Waals surface area contributed by atoms with E-state index < -0.39 is 5.82 Å². The van der Waals surface area contributed by atoms with E-state index in [1.807, 2.05) is 12.1 Å². The Morgan fingerprint density at radius 1 is 1.35 bits per heavy atom. The van der Waals surface area contributed by atoms with Crippen molar-refractivity contribution < 1.29 is 18.7 Å². The van der Waals surface area contributed by atoms with Crippen molar-refractivity contribution in [3.63, 3.8) is 0 Å². The molecule has 1 aromatic carbocycles. The number of aromatic nitrogens is 1. The number of benzene rings is 1. The summed E-state index contributed by atoms with van der Waals surface area (Å²) < 4.78 is 24.9. The average molecular weight is 468 g/mol. The summed E-state index contributed by atoms with van der Waals surface area (Å²) in [5, 5.41) is 3.20. The molecule has 0 bridgehead atoms. The summed E-state index contributed by atoms with van der Waals surface area (Å²) in [5.41, 5.74) is 3.43. The Morgan fingerprint density at radius 2 is 2.18 bits per heavy atom. The van der Waals surface area contributed by atoms with Crippen LogP contribution in [0, 0.1) is 5.82 Å². The third kappa shape index (κ3) is 7.57. The molecule has 9 heteroatoms. The second-order valence-corrected chi connectivity index (χ2v) is 7.77. The number of carbonyl (C=O) groups excluding carboxylic acids is 1. The number of anilines is 1. The second kappa shape index (κ2) is 13.3. The van der Waals surface area contributed by atoms with E-state index in [1.54, 1.807) is 18.6 Å². The van der Waals surface area contributed by atoms with E-state index >= 15 is 0 Å². The van der Waals surface area contributed by atoms with Crippen molar-refractivity contribution in [3.8, 4) is 5.75 Å². The maximum absolute atomic E-state index is 14.5. The van der Waals surface area contributed by atoms with Crippen LogP contribution >= 0.6 is 0 Å². The fourth-order valence-electron chi connectivity index (χ4n) is 3.55. The summed E-state index contributed by atoms with van der Waals surface area (Å²) in [6, 6.07) is 6.89. The largest absolute Gasteiger partial charge is 0.494 e. The van der Waals surface area contributed by atoms with E-state index in [1.165, 1.54) is 19.2 Å². The molecular formula is C25H30FN5O3. The van der Waals surface area contributed by atoms with Gasteiger partial charge in [-0.25, -0.2) is 4.39 Å². The molecule has 0 aliphatic carbocycles. The van der Waals surface area contributed by atoms with Gasteiger partial charge in [-0.1, -0.05) is 0 Å². The molecule has 0 amide bonds. The van der Waals surface area contributed by atoms with E-state index in [2.05, 4.69) is 31.9 Å². The zero-order valence-corrected chi connectivity index (χ0v) is 19.4. The van der Waals surface area contributed by atoms with Crippen LogP contribution in [0.1, 0.15) is 28.0 Å². The van der Waals surface area contributed by atoms with Gasteiger partial charge in [0, 0.05) is 37.6 Å². The molecule has 0 saturated carbocycles. The van der Waals surface area contributed by atoms with Crippen LogP contribution in [0.15, 0.2) is 52.2 Å². The van der Waals surface area contributed by atoms with Crippen LogP contribution in [0.4, 0.5) is 10.1 Å². The Balaban J connectivity index is 1.51. The number of ether oxygens (including phenoxy) is 2. The number of hydrogen-bond acceptors (Lipinski definition) is 8. The third-order valence-corrected chi connectivity index (χ3v) is 5.38. The number of nitrogens with one attached hydrogen (secondary N) is 1. The minimum Gasteiger partial charge on any atom is -0.494 e. The van der Waals surface area contributed by atoms with Gasteiger partial charge < -0.3 is 14.8 Å². The van der Waals surface area contributed by atoms with Crippen molar-refractivity contribution in [2.75, 3.05) is 45.4 Å². The van der Waals surface area contributed by atoms with Crippen molar-refractivity contribution >= 4 is 24.9 Å². The number of aldehydes is 1. The highest BCUT2D eigenvalue weighted by molar-refractivity contribution is 5.79. The first kappa shape index (κ1) is 25.2. The first-order valence-corrected chi connectivity index (χ1v) is 11.1. The SMILES string of the molecule is C=N/C=C(\C=N/CNc1ccc(CN2CCOCC2)nc1)CCc1cc(C=O)cc(OC)c1F. The number of carbonyl (C=O) groups is 1. The fourth-order valence-corrected chi connectivity index (χ4v) is 3.55. The van der Waals surface area contributed by atoms with Crippen molar-refractivity contribution in [1.82, 2.24) is 9.88 Å². The number of morpholine rings is 1. The van der Waals surface area contributed by atoms with Crippen LogP contribution in [-0.2, 0) is 17.7 Å². The van der Waals surface area contributed by atoms with Gasteiger partial charge in [0.2, 0.25) is 0 Å². The molecule has 2 heterocycles. The van der Waals surface area contributed by atoms with Crippen LogP contribution < -0.4 is 10.1 Å². The van der Waals surface area contributed by atoms with Gasteiger partial charge in [-0.05, 0) is 55.0 Å². The van der Waals surface area contributed by atoms with Gasteiger partial charge in [0.15, 0.2) is 11.6 Å². The molecule has 1 saturated heterocycles. The van der Waals surface area contributed by atoms with Crippen LogP contribution in [0.5, 0.6) is 5.75 Å². The van der Waals surface area contributed by atoms with Crippen LogP contribution in [0.25, 0.3) is 0 Å². The van der Waals surface area contributed by atoms with Crippen LogP contribution in [-0.4, -0.2) is 69.2 Å². The summed E-state index contributed by atoms with van der Waals surface area (Å²) in [7, 11) is 1.37. The van der Waals surface area contributed by atoms with Gasteiger partial charge in [0.1, 0.15) is 13.0 Å². The van der Waals surface area contributed by atoms with Gasteiger partial charge in [0.05, 0.1) is 37.9 Å².